The minimum atomic E-state index is -0.636. The first-order valence-corrected chi connectivity index (χ1v) is 8.14. The molecule has 0 spiro atoms. The van der Waals surface area contributed by atoms with Crippen LogP contribution in [0.1, 0.15) is 28.4 Å². The maximum absolute atomic E-state index is 12.3. The number of rotatable bonds is 6. The zero-order valence-corrected chi connectivity index (χ0v) is 14.0. The van der Waals surface area contributed by atoms with Crippen LogP contribution in [-0.2, 0) is 17.9 Å². The topological polar surface area (TPSA) is 68.5 Å². The van der Waals surface area contributed by atoms with E-state index in [4.69, 9.17) is 9.15 Å². The van der Waals surface area contributed by atoms with Gasteiger partial charge in [-0.1, -0.05) is 42.5 Å². The molecule has 0 bridgehead atoms. The molecule has 0 radical (unpaired) electrons. The molecule has 0 aliphatic heterocycles. The van der Waals surface area contributed by atoms with Gasteiger partial charge in [-0.15, -0.1) is 0 Å². The highest BCUT2D eigenvalue weighted by atomic mass is 16.5. The van der Waals surface area contributed by atoms with Crippen molar-refractivity contribution in [1.82, 2.24) is 5.32 Å². The van der Waals surface area contributed by atoms with Gasteiger partial charge in [-0.05, 0) is 30.2 Å². The number of carbonyl (C=O) groups is 1. The summed E-state index contributed by atoms with van der Waals surface area (Å²) in [4.78, 5) is 24.3. The first-order chi connectivity index (χ1) is 12.2. The molecule has 5 heteroatoms. The molecule has 3 rings (SSSR count). The Balaban J connectivity index is 1.68. The van der Waals surface area contributed by atoms with E-state index in [2.05, 4.69) is 5.32 Å². The van der Waals surface area contributed by atoms with E-state index in [1.807, 2.05) is 37.3 Å². The number of benzene rings is 2. The van der Waals surface area contributed by atoms with Crippen LogP contribution in [0.4, 0.5) is 0 Å². The normalized spacial score (nSPS) is 10.8. The third kappa shape index (κ3) is 4.14. The van der Waals surface area contributed by atoms with Gasteiger partial charge in [0.05, 0.1) is 6.61 Å². The smallest absolute Gasteiger partial charge is 0.349 e. The SMILES string of the molecule is CCOCc1ccc(CNC(=O)c2cc3ccccc3oc2=O)cc1. The highest BCUT2D eigenvalue weighted by Crippen LogP contribution is 2.12. The summed E-state index contributed by atoms with van der Waals surface area (Å²) in [5.41, 5.74) is 1.86. The van der Waals surface area contributed by atoms with Crippen molar-refractivity contribution in [2.24, 2.45) is 0 Å². The molecule has 2 aromatic carbocycles. The second-order valence-corrected chi connectivity index (χ2v) is 5.62. The first-order valence-electron chi connectivity index (χ1n) is 8.14. The average molecular weight is 337 g/mol. The standard InChI is InChI=1S/C20H19NO4/c1-2-24-13-15-9-7-14(8-10-15)12-21-19(22)17-11-16-5-3-4-6-18(16)25-20(17)23/h3-11H,2,12-13H2,1H3,(H,21,22). The molecule has 3 aromatic rings. The number of amides is 1. The Morgan fingerprint density at radius 2 is 1.80 bits per heavy atom. The van der Waals surface area contributed by atoms with Crippen LogP contribution in [-0.4, -0.2) is 12.5 Å². The number of fused-ring (bicyclic) bond motifs is 1. The molecule has 1 N–H and O–H groups in total. The third-order valence-corrected chi connectivity index (χ3v) is 3.83. The Bertz CT molecular complexity index is 928. The van der Waals surface area contributed by atoms with Crippen LogP contribution in [0.2, 0.25) is 0 Å². The highest BCUT2D eigenvalue weighted by Gasteiger charge is 2.13. The number of hydrogen-bond acceptors (Lipinski definition) is 4. The molecular weight excluding hydrogens is 318 g/mol. The highest BCUT2D eigenvalue weighted by molar-refractivity contribution is 5.96. The summed E-state index contributed by atoms with van der Waals surface area (Å²) in [6.07, 6.45) is 0. The van der Waals surface area contributed by atoms with Gasteiger partial charge in [-0.25, -0.2) is 4.79 Å². The van der Waals surface area contributed by atoms with Gasteiger partial charge in [0.1, 0.15) is 11.1 Å². The minimum Gasteiger partial charge on any atom is -0.422 e. The Morgan fingerprint density at radius 1 is 1.08 bits per heavy atom. The van der Waals surface area contributed by atoms with E-state index < -0.39 is 11.5 Å². The fourth-order valence-electron chi connectivity index (χ4n) is 2.47. The van der Waals surface area contributed by atoms with Crippen molar-refractivity contribution >= 4 is 16.9 Å². The van der Waals surface area contributed by atoms with Crippen LogP contribution in [0.3, 0.4) is 0 Å². The monoisotopic (exact) mass is 337 g/mol. The Kier molecular flexibility index (Phi) is 5.26. The molecule has 1 heterocycles. The maximum atomic E-state index is 12.3. The summed E-state index contributed by atoms with van der Waals surface area (Å²) in [6.45, 7) is 3.53. The van der Waals surface area contributed by atoms with E-state index in [-0.39, 0.29) is 5.56 Å². The summed E-state index contributed by atoms with van der Waals surface area (Å²) < 4.78 is 10.5. The van der Waals surface area contributed by atoms with Crippen molar-refractivity contribution in [3.63, 3.8) is 0 Å². The van der Waals surface area contributed by atoms with Crippen LogP contribution >= 0.6 is 0 Å². The lowest BCUT2D eigenvalue weighted by atomic mass is 10.1. The number of carbonyl (C=O) groups excluding carboxylic acids is 1. The molecule has 0 saturated carbocycles. The van der Waals surface area contributed by atoms with Crippen LogP contribution in [0.25, 0.3) is 11.0 Å². The lowest BCUT2D eigenvalue weighted by Gasteiger charge is -2.07. The van der Waals surface area contributed by atoms with Gasteiger partial charge in [0, 0.05) is 18.5 Å². The fraction of sp³-hybridized carbons (Fsp3) is 0.200. The van der Waals surface area contributed by atoms with Crippen LogP contribution in [0.15, 0.2) is 63.8 Å². The predicted molar refractivity (Wildman–Crippen MR) is 95.4 cm³/mol. The fourth-order valence-corrected chi connectivity index (χ4v) is 2.47. The van der Waals surface area contributed by atoms with E-state index in [1.54, 1.807) is 24.3 Å². The molecule has 0 saturated heterocycles. The van der Waals surface area contributed by atoms with Crippen molar-refractivity contribution in [2.45, 2.75) is 20.1 Å². The lowest BCUT2D eigenvalue weighted by Crippen LogP contribution is -2.27. The van der Waals surface area contributed by atoms with Gasteiger partial charge >= 0.3 is 5.63 Å². The van der Waals surface area contributed by atoms with Gasteiger partial charge < -0.3 is 14.5 Å². The molecule has 0 atom stereocenters. The Labute approximate surface area is 145 Å². The molecule has 128 valence electrons. The van der Waals surface area contributed by atoms with Gasteiger partial charge in [-0.3, -0.25) is 4.79 Å². The summed E-state index contributed by atoms with van der Waals surface area (Å²) in [6, 6.07) is 16.4. The lowest BCUT2D eigenvalue weighted by molar-refractivity contribution is 0.0947. The molecule has 25 heavy (non-hydrogen) atoms. The number of para-hydroxylation sites is 1. The van der Waals surface area contributed by atoms with Crippen molar-refractivity contribution in [3.05, 3.63) is 81.7 Å². The molecule has 0 fully saturated rings. The number of nitrogens with one attached hydrogen (secondary N) is 1. The van der Waals surface area contributed by atoms with Gasteiger partial charge in [0.25, 0.3) is 5.91 Å². The van der Waals surface area contributed by atoms with Crippen LogP contribution < -0.4 is 10.9 Å². The average Bonchev–Trinajstić information content (AvgIpc) is 2.64. The molecule has 0 aliphatic rings. The van der Waals surface area contributed by atoms with Crippen molar-refractivity contribution < 1.29 is 13.9 Å². The summed E-state index contributed by atoms with van der Waals surface area (Å²) >= 11 is 0. The van der Waals surface area contributed by atoms with Crippen LogP contribution in [0.5, 0.6) is 0 Å². The zero-order chi connectivity index (χ0) is 17.6. The first kappa shape index (κ1) is 16.9. The third-order valence-electron chi connectivity index (χ3n) is 3.83. The Hall–Kier alpha value is -2.92. The van der Waals surface area contributed by atoms with E-state index in [1.165, 1.54) is 0 Å². The van der Waals surface area contributed by atoms with E-state index >= 15 is 0 Å². The molecule has 0 aliphatic carbocycles. The zero-order valence-electron chi connectivity index (χ0n) is 14.0. The predicted octanol–water partition coefficient (Wildman–Crippen LogP) is 3.26. The second-order valence-electron chi connectivity index (χ2n) is 5.62. The van der Waals surface area contributed by atoms with Gasteiger partial charge in [-0.2, -0.15) is 0 Å². The molecule has 1 aromatic heterocycles. The molecule has 5 nitrogen and oxygen atoms in total. The minimum absolute atomic E-state index is 0.00617. The van der Waals surface area contributed by atoms with Crippen molar-refractivity contribution in [1.29, 1.82) is 0 Å². The van der Waals surface area contributed by atoms with Crippen molar-refractivity contribution in [2.75, 3.05) is 6.61 Å². The quantitative estimate of drug-likeness (QED) is 0.701. The van der Waals surface area contributed by atoms with Crippen molar-refractivity contribution in [3.8, 4) is 0 Å². The number of ether oxygens (including phenoxy) is 1. The largest absolute Gasteiger partial charge is 0.422 e. The molecular formula is C20H19NO4. The van der Waals surface area contributed by atoms with Gasteiger partial charge in [0.15, 0.2) is 0 Å². The maximum Gasteiger partial charge on any atom is 0.349 e. The molecule has 1 amide bonds. The summed E-state index contributed by atoms with van der Waals surface area (Å²) in [5.74, 6) is -0.446. The number of hydrogen-bond donors (Lipinski definition) is 1. The Morgan fingerprint density at radius 3 is 2.56 bits per heavy atom. The second kappa shape index (κ2) is 7.77. The van der Waals surface area contributed by atoms with E-state index in [0.717, 1.165) is 11.1 Å². The van der Waals surface area contributed by atoms with E-state index in [0.29, 0.717) is 30.7 Å². The van der Waals surface area contributed by atoms with Gasteiger partial charge in [0.2, 0.25) is 0 Å². The summed E-state index contributed by atoms with van der Waals surface area (Å²) in [7, 11) is 0. The molecule has 0 unspecified atom stereocenters. The summed E-state index contributed by atoms with van der Waals surface area (Å²) in [5, 5.41) is 3.47. The van der Waals surface area contributed by atoms with Crippen LogP contribution in [0, 0.1) is 0 Å². The van der Waals surface area contributed by atoms with E-state index in [9.17, 15) is 9.59 Å².